The first-order valence-electron chi connectivity index (χ1n) is 34.2. The molecular weight excluding hydrogens is 1420 g/mol. The first-order chi connectivity index (χ1) is 50.3. The zero-order valence-corrected chi connectivity index (χ0v) is 62.0. The van der Waals surface area contributed by atoms with E-state index >= 15 is 0 Å². The van der Waals surface area contributed by atoms with E-state index in [2.05, 4.69) is 38.3 Å². The molecule has 4 aromatic carbocycles. The first-order valence-corrected chi connectivity index (χ1v) is 35.0. The van der Waals surface area contributed by atoms with Crippen LogP contribution in [0.3, 0.4) is 0 Å². The number of rotatable bonds is 32. The quantitative estimate of drug-likeness (QED) is 0.0141. The number of hydrogen-bond acceptors (Lipinski definition) is 24. The molecule has 2 saturated heterocycles. The van der Waals surface area contributed by atoms with Gasteiger partial charge in [-0.15, -0.1) is 0 Å². The average Bonchev–Trinajstić information content (AvgIpc) is 0.857. The lowest BCUT2D eigenvalue weighted by atomic mass is 10.0. The number of Topliss-reactive ketones (excluding diaryl/α,β-unsaturated/α-hetero) is 1. The topological polar surface area (TPSA) is 439 Å². The summed E-state index contributed by atoms with van der Waals surface area (Å²) in [6.45, 7) is 2.92. The molecule has 106 heavy (non-hydrogen) atoms. The van der Waals surface area contributed by atoms with Crippen LogP contribution in [0.25, 0.3) is 0 Å². The number of thiocarbonyl (C=S) groups is 2. The lowest BCUT2D eigenvalue weighted by molar-refractivity contribution is -0.142. The highest BCUT2D eigenvalue weighted by atomic mass is 32.1. The van der Waals surface area contributed by atoms with Crippen LogP contribution in [-0.2, 0) is 64.3 Å². The smallest absolute Gasteiger partial charge is 0.317 e. The fourth-order valence-corrected chi connectivity index (χ4v) is 11.8. The van der Waals surface area contributed by atoms with Gasteiger partial charge in [-0.2, -0.15) is 4.99 Å². The number of nitrogens with zero attached hydrogens (tertiary/aromatic N) is 11. The summed E-state index contributed by atoms with van der Waals surface area (Å²) in [7, 11) is 7.65. The van der Waals surface area contributed by atoms with Gasteiger partial charge in [-0.1, -0.05) is 60.7 Å². The third-order valence-corrected chi connectivity index (χ3v) is 17.3. The summed E-state index contributed by atoms with van der Waals surface area (Å²) in [5.41, 5.74) is 11.8. The molecule has 0 aliphatic carbocycles. The van der Waals surface area contributed by atoms with Crippen LogP contribution >= 0.6 is 24.4 Å². The van der Waals surface area contributed by atoms with Crippen LogP contribution in [0.1, 0.15) is 49.4 Å². The van der Waals surface area contributed by atoms with Crippen LogP contribution in [0, 0.1) is 0 Å². The molecule has 2 fully saturated rings. The summed E-state index contributed by atoms with van der Waals surface area (Å²) in [6, 6.07) is 28.4. The van der Waals surface area contributed by atoms with E-state index in [9.17, 15) is 88.8 Å². The monoisotopic (exact) mass is 1520 g/mol. The summed E-state index contributed by atoms with van der Waals surface area (Å²) in [5.74, 6) is -8.44. The van der Waals surface area contributed by atoms with Crippen molar-refractivity contribution in [3.05, 3.63) is 130 Å². The van der Waals surface area contributed by atoms with Gasteiger partial charge < -0.3 is 67.4 Å². The molecule has 2 atom stereocenters. The van der Waals surface area contributed by atoms with E-state index in [-0.39, 0.29) is 156 Å². The second kappa shape index (κ2) is 48.1. The number of carbonyl (C=O) groups excluding carboxylic acids is 2. The van der Waals surface area contributed by atoms with Crippen molar-refractivity contribution in [2.45, 2.75) is 44.4 Å². The van der Waals surface area contributed by atoms with Crippen molar-refractivity contribution in [3.8, 4) is 0 Å². The minimum absolute atomic E-state index is 0.0627. The Bertz CT molecular complexity index is 3540. The van der Waals surface area contributed by atoms with Crippen molar-refractivity contribution in [1.29, 1.82) is 0 Å². The van der Waals surface area contributed by atoms with Gasteiger partial charge in [-0.25, -0.2) is 0 Å². The van der Waals surface area contributed by atoms with Crippen LogP contribution < -0.4 is 21.7 Å². The number of isothiocyanates is 1. The lowest BCUT2D eigenvalue weighted by Crippen LogP contribution is -2.53. The molecule has 2 aliphatic rings. The van der Waals surface area contributed by atoms with Crippen LogP contribution in [0.15, 0.2) is 102 Å². The minimum atomic E-state index is -1.07. The highest BCUT2D eigenvalue weighted by Crippen LogP contribution is 2.20. The Labute approximate surface area is 627 Å². The Balaban J connectivity index is 0.000000387. The van der Waals surface area contributed by atoms with Crippen molar-refractivity contribution in [3.63, 3.8) is 0 Å². The van der Waals surface area contributed by atoms with E-state index < -0.39 is 59.8 Å². The van der Waals surface area contributed by atoms with Crippen molar-refractivity contribution in [1.82, 2.24) is 59.6 Å². The summed E-state index contributed by atoms with van der Waals surface area (Å²) >= 11 is 10.1. The number of benzene rings is 4. The molecule has 0 bridgehead atoms. The van der Waals surface area contributed by atoms with Crippen molar-refractivity contribution >= 4 is 106 Å². The second-order valence-electron chi connectivity index (χ2n) is 26.1. The van der Waals surface area contributed by atoms with Gasteiger partial charge in [-0.3, -0.25) is 92.0 Å². The maximum Gasteiger partial charge on any atom is 0.317 e. The average molecular weight is 1520 g/mol. The van der Waals surface area contributed by atoms with Crippen molar-refractivity contribution in [2.75, 3.05) is 191 Å². The number of anilines is 1. The number of aliphatic carboxylic acids is 8. The Morgan fingerprint density at radius 2 is 0.802 bits per heavy atom. The number of carboxylic acid groups (broad SMARTS) is 8. The maximum absolute atomic E-state index is 12.4. The Morgan fingerprint density at radius 1 is 0.453 bits per heavy atom. The van der Waals surface area contributed by atoms with E-state index in [1.54, 1.807) is 63.5 Å². The zero-order valence-electron chi connectivity index (χ0n) is 60.4. The molecule has 0 aromatic heterocycles. The van der Waals surface area contributed by atoms with E-state index in [1.807, 2.05) is 111 Å². The number of carboxylic acids is 8. The lowest BCUT2D eigenvalue weighted by Gasteiger charge is -2.37. The van der Waals surface area contributed by atoms with Crippen molar-refractivity contribution in [2.24, 2.45) is 10.7 Å². The van der Waals surface area contributed by atoms with E-state index in [4.69, 9.17) is 18.0 Å². The molecule has 2 unspecified atom stereocenters. The molecule has 4 aromatic rings. The second-order valence-corrected chi connectivity index (χ2v) is 26.7. The minimum Gasteiger partial charge on any atom is -0.480 e. The number of ketones is 1. The van der Waals surface area contributed by atoms with Gasteiger partial charge in [0.2, 0.25) is 0 Å². The molecule has 580 valence electrons. The third-order valence-electron chi connectivity index (χ3n) is 16.9. The summed E-state index contributed by atoms with van der Waals surface area (Å²) < 4.78 is 0. The van der Waals surface area contributed by atoms with Gasteiger partial charge in [0.25, 0.3) is 5.91 Å². The predicted octanol–water partition coefficient (Wildman–Crippen LogP) is 1.06. The summed E-state index contributed by atoms with van der Waals surface area (Å²) in [5, 5.41) is 88.1. The Morgan fingerprint density at radius 3 is 1.17 bits per heavy atom. The molecule has 33 nitrogen and oxygen atoms in total. The van der Waals surface area contributed by atoms with Gasteiger partial charge in [0, 0.05) is 147 Å². The third kappa shape index (κ3) is 37.7. The Kier molecular flexibility index (Phi) is 40.5. The molecule has 2 heterocycles. The van der Waals surface area contributed by atoms with Gasteiger partial charge in [-0.05, 0) is 124 Å². The molecule has 0 spiro atoms. The molecule has 6 rings (SSSR count). The highest BCUT2D eigenvalue weighted by Gasteiger charge is 2.30. The molecule has 1 amide bonds. The van der Waals surface area contributed by atoms with Gasteiger partial charge in [0.1, 0.15) is 0 Å². The molecule has 35 heteroatoms. The summed E-state index contributed by atoms with van der Waals surface area (Å²) in [6.07, 6.45) is 1.20. The van der Waals surface area contributed by atoms with Gasteiger partial charge in [0.05, 0.1) is 69.9 Å². The standard InChI is InChI=1S/C36H51N7O9S.C24H33N5O8S.C11H17N3O/c1-39(2)12-11-31(44)28-7-3-27(4-8-28)20-37-36(53)38-29-9-5-26(6-10-29)19-30-21-42(24-34(49)50)16-15-40(22-32(45)46)13-14-41(23-33(47)48)17-18-43(30)25-35(51)52;30-21(31)13-26-5-6-27(14-22(32)33)9-10-29(16-24(36)37)20(12-28(8-7-26)15-23(34)35)11-18-1-3-19(4-2-18)25-17-38;1-14(2)8-13-11(15)10-5-3-9(7-12)4-6-10/h3-10,30H,11-25H2,1-2H3,(H,45,46)(H,47,48)(H,49,50)(H,51,52)(H2,37,38,53);1-4,20H,5-16H2,(H,30,31)(H,32,33)(H,34,35)(H,36,37);3-6H,7-8,12H2,1-2H3,(H,13,15). The van der Waals surface area contributed by atoms with Gasteiger partial charge in [0.15, 0.2) is 10.9 Å². The van der Waals surface area contributed by atoms with Crippen LogP contribution in [0.4, 0.5) is 11.4 Å². The summed E-state index contributed by atoms with van der Waals surface area (Å²) in [4.78, 5) is 138. The SMILES string of the molecule is CN(C)CCC(=O)c1ccc(CNC(=S)Nc2ccc(CC3CN(CC(=O)O)CCN(CC(=O)O)CCN(CC(=O)O)CCN3CC(=O)O)cc2)cc1.CN(C)CNC(=O)c1ccc(CN)cc1.O=C(O)CN1CCN(CC(=O)O)CCN(CC(=O)O)C(Cc2ccc(N=C=S)cc2)CN(CC(=O)O)CC1. The normalized spacial score (nSPS) is 16.8. The molecule has 13 N–H and O–H groups in total. The van der Waals surface area contributed by atoms with Crippen LogP contribution in [0.5, 0.6) is 0 Å². The number of amides is 1. The fraction of sp³-hybridized carbons (Fsp3) is 0.493. The predicted molar refractivity (Wildman–Crippen MR) is 403 cm³/mol. The Hall–Kier alpha value is -9.17. The molecular formula is C71H101N15O18S2. The highest BCUT2D eigenvalue weighted by molar-refractivity contribution is 7.80. The van der Waals surface area contributed by atoms with E-state index in [0.717, 1.165) is 22.3 Å². The van der Waals surface area contributed by atoms with Crippen LogP contribution in [-0.4, -0.2) is 357 Å². The molecule has 0 saturated carbocycles. The van der Waals surface area contributed by atoms with Crippen molar-refractivity contribution < 1.29 is 88.8 Å². The largest absolute Gasteiger partial charge is 0.480 e. The number of aliphatic imine (C=N–C) groups is 1. The van der Waals surface area contributed by atoms with Crippen LogP contribution in [0.2, 0.25) is 0 Å². The maximum atomic E-state index is 12.4. The first kappa shape index (κ1) is 89.2. The van der Waals surface area contributed by atoms with E-state index in [0.29, 0.717) is 73.2 Å². The number of hydrogen-bond donors (Lipinski definition) is 12. The fourth-order valence-electron chi connectivity index (χ4n) is 11.5. The zero-order chi connectivity index (χ0) is 78.3. The number of nitrogens with two attached hydrogens (primary N) is 1. The number of carbonyl (C=O) groups is 10. The molecule has 2 aliphatic heterocycles. The molecule has 0 radical (unpaired) electrons. The van der Waals surface area contributed by atoms with E-state index in [1.165, 1.54) is 0 Å². The number of nitrogens with one attached hydrogen (secondary N) is 3. The van der Waals surface area contributed by atoms with Gasteiger partial charge >= 0.3 is 47.8 Å².